The van der Waals surface area contributed by atoms with E-state index >= 15 is 0 Å². The fourth-order valence-electron chi connectivity index (χ4n) is 2.47. The largest absolute Gasteiger partial charge is 0.463 e. The van der Waals surface area contributed by atoms with Crippen LogP contribution >= 0.6 is 0 Å². The van der Waals surface area contributed by atoms with Crippen molar-refractivity contribution in [2.75, 3.05) is 6.61 Å². The molecule has 1 aromatic rings. The number of ether oxygens (including phenoxy) is 2. The second kappa shape index (κ2) is 5.53. The third kappa shape index (κ3) is 2.72. The zero-order valence-corrected chi connectivity index (χ0v) is 11.1. The van der Waals surface area contributed by atoms with Gasteiger partial charge in [-0.2, -0.15) is 0 Å². The molecule has 4 unspecified atom stereocenters. The van der Waals surface area contributed by atoms with Gasteiger partial charge in [-0.05, 0) is 17.4 Å². The molecule has 3 nitrogen and oxygen atoms in total. The molecule has 1 heterocycles. The van der Waals surface area contributed by atoms with Crippen molar-refractivity contribution >= 4 is 5.97 Å². The molecule has 1 aromatic carbocycles. The molecule has 1 aliphatic heterocycles. The molecule has 1 fully saturated rings. The lowest BCUT2D eigenvalue weighted by Crippen LogP contribution is -2.23. The zero-order valence-electron chi connectivity index (χ0n) is 11.1. The van der Waals surface area contributed by atoms with Crippen LogP contribution in [0.4, 0.5) is 0 Å². The molecule has 0 spiro atoms. The summed E-state index contributed by atoms with van der Waals surface area (Å²) in [4.78, 5) is 10.9. The smallest absolute Gasteiger partial charge is 0.302 e. The first kappa shape index (κ1) is 13.1. The molecule has 1 saturated heterocycles. The van der Waals surface area contributed by atoms with Gasteiger partial charge in [-0.25, -0.2) is 0 Å². The van der Waals surface area contributed by atoms with Crippen molar-refractivity contribution in [1.29, 1.82) is 0 Å². The normalized spacial score (nSPS) is 31.3. The highest BCUT2D eigenvalue weighted by Gasteiger charge is 2.40. The minimum Gasteiger partial charge on any atom is -0.463 e. The molecular weight excluding hydrogens is 228 g/mol. The zero-order chi connectivity index (χ0) is 13.1. The highest BCUT2D eigenvalue weighted by Crippen LogP contribution is 2.41. The predicted molar refractivity (Wildman–Crippen MR) is 69.0 cm³/mol. The average Bonchev–Trinajstić information content (AvgIpc) is 2.65. The van der Waals surface area contributed by atoms with E-state index in [0.717, 1.165) is 0 Å². The van der Waals surface area contributed by atoms with E-state index in [-0.39, 0.29) is 18.2 Å². The fraction of sp³-hybridized carbons (Fsp3) is 0.533. The Hall–Kier alpha value is -1.35. The SMILES string of the molecule is CC(=O)OCC1OC(c2ccccc2)C(C)C1C. The van der Waals surface area contributed by atoms with Crippen molar-refractivity contribution in [1.82, 2.24) is 0 Å². The summed E-state index contributed by atoms with van der Waals surface area (Å²) in [6.07, 6.45) is 0.0934. The lowest BCUT2D eigenvalue weighted by atomic mass is 9.88. The van der Waals surface area contributed by atoms with E-state index in [1.54, 1.807) is 0 Å². The number of benzene rings is 1. The van der Waals surface area contributed by atoms with Gasteiger partial charge in [-0.3, -0.25) is 4.79 Å². The molecule has 0 aliphatic carbocycles. The average molecular weight is 248 g/mol. The van der Waals surface area contributed by atoms with Crippen LogP contribution < -0.4 is 0 Å². The van der Waals surface area contributed by atoms with Crippen molar-refractivity contribution in [3.8, 4) is 0 Å². The Morgan fingerprint density at radius 1 is 1.22 bits per heavy atom. The Labute approximate surface area is 108 Å². The van der Waals surface area contributed by atoms with Crippen molar-refractivity contribution in [2.24, 2.45) is 11.8 Å². The standard InChI is InChI=1S/C15H20O3/c1-10-11(2)15(13-7-5-4-6-8-13)18-14(10)9-17-12(3)16/h4-8,10-11,14-15H,9H2,1-3H3. The minimum absolute atomic E-state index is 0.00546. The van der Waals surface area contributed by atoms with Crippen LogP contribution in [0, 0.1) is 11.8 Å². The molecule has 0 saturated carbocycles. The molecule has 0 aromatic heterocycles. The lowest BCUT2D eigenvalue weighted by Gasteiger charge is -2.16. The molecule has 0 N–H and O–H groups in total. The maximum atomic E-state index is 10.9. The van der Waals surface area contributed by atoms with Crippen molar-refractivity contribution in [3.05, 3.63) is 35.9 Å². The molecule has 98 valence electrons. The van der Waals surface area contributed by atoms with E-state index in [9.17, 15) is 4.79 Å². The van der Waals surface area contributed by atoms with Gasteiger partial charge in [-0.15, -0.1) is 0 Å². The van der Waals surface area contributed by atoms with Crippen LogP contribution in [0.2, 0.25) is 0 Å². The number of carbonyl (C=O) groups is 1. The Kier molecular flexibility index (Phi) is 4.02. The first-order valence-corrected chi connectivity index (χ1v) is 6.43. The lowest BCUT2D eigenvalue weighted by molar-refractivity contribution is -0.145. The van der Waals surface area contributed by atoms with Crippen LogP contribution in [0.3, 0.4) is 0 Å². The molecule has 0 amide bonds. The maximum Gasteiger partial charge on any atom is 0.302 e. The topological polar surface area (TPSA) is 35.5 Å². The number of carbonyl (C=O) groups excluding carboxylic acids is 1. The van der Waals surface area contributed by atoms with Crippen molar-refractivity contribution < 1.29 is 14.3 Å². The Bertz CT molecular complexity index is 401. The number of hydrogen-bond acceptors (Lipinski definition) is 3. The third-order valence-corrected chi connectivity index (χ3v) is 3.79. The fourth-order valence-corrected chi connectivity index (χ4v) is 2.47. The molecule has 4 atom stereocenters. The van der Waals surface area contributed by atoms with Gasteiger partial charge in [0.1, 0.15) is 6.61 Å². The van der Waals surface area contributed by atoms with Gasteiger partial charge in [0.2, 0.25) is 0 Å². The van der Waals surface area contributed by atoms with Gasteiger partial charge in [0.25, 0.3) is 0 Å². The Balaban J connectivity index is 2.05. The summed E-state index contributed by atoms with van der Waals surface area (Å²) in [7, 11) is 0. The molecule has 2 rings (SSSR count). The van der Waals surface area contributed by atoms with E-state index in [1.165, 1.54) is 12.5 Å². The number of hydrogen-bond donors (Lipinski definition) is 0. The van der Waals surface area contributed by atoms with Gasteiger partial charge in [0.05, 0.1) is 12.2 Å². The van der Waals surface area contributed by atoms with Gasteiger partial charge in [0.15, 0.2) is 0 Å². The van der Waals surface area contributed by atoms with Gasteiger partial charge in [0, 0.05) is 6.92 Å². The summed E-state index contributed by atoms with van der Waals surface area (Å²) < 4.78 is 11.1. The van der Waals surface area contributed by atoms with E-state index in [0.29, 0.717) is 18.4 Å². The summed E-state index contributed by atoms with van der Waals surface area (Å²) in [5.41, 5.74) is 1.20. The molecule has 0 bridgehead atoms. The molecule has 1 aliphatic rings. The predicted octanol–water partition coefficient (Wildman–Crippen LogP) is 2.96. The molecular formula is C15H20O3. The van der Waals surface area contributed by atoms with E-state index < -0.39 is 0 Å². The van der Waals surface area contributed by atoms with Crippen LogP contribution in [0.15, 0.2) is 30.3 Å². The second-order valence-corrected chi connectivity index (χ2v) is 5.03. The third-order valence-electron chi connectivity index (χ3n) is 3.79. The second-order valence-electron chi connectivity index (χ2n) is 5.03. The van der Waals surface area contributed by atoms with Gasteiger partial charge >= 0.3 is 5.97 Å². The summed E-state index contributed by atoms with van der Waals surface area (Å²) in [5.74, 6) is 0.559. The van der Waals surface area contributed by atoms with E-state index in [4.69, 9.17) is 9.47 Å². The van der Waals surface area contributed by atoms with E-state index in [1.807, 2.05) is 18.2 Å². The maximum absolute atomic E-state index is 10.9. The summed E-state index contributed by atoms with van der Waals surface area (Å²) in [6, 6.07) is 10.2. The summed E-state index contributed by atoms with van der Waals surface area (Å²) in [5, 5.41) is 0. The summed E-state index contributed by atoms with van der Waals surface area (Å²) in [6.45, 7) is 6.12. The van der Waals surface area contributed by atoms with Crippen molar-refractivity contribution in [3.63, 3.8) is 0 Å². The van der Waals surface area contributed by atoms with Crippen LogP contribution in [0.1, 0.15) is 32.4 Å². The first-order chi connectivity index (χ1) is 8.59. The number of rotatable bonds is 3. The first-order valence-electron chi connectivity index (χ1n) is 6.43. The van der Waals surface area contributed by atoms with Gasteiger partial charge in [-0.1, -0.05) is 44.2 Å². The minimum atomic E-state index is -0.249. The van der Waals surface area contributed by atoms with Crippen molar-refractivity contribution in [2.45, 2.75) is 33.0 Å². The molecule has 18 heavy (non-hydrogen) atoms. The van der Waals surface area contributed by atoms with Crippen LogP contribution in [0.25, 0.3) is 0 Å². The van der Waals surface area contributed by atoms with Crippen LogP contribution in [-0.2, 0) is 14.3 Å². The molecule has 0 radical (unpaired) electrons. The number of esters is 1. The van der Waals surface area contributed by atoms with Crippen LogP contribution in [-0.4, -0.2) is 18.7 Å². The monoisotopic (exact) mass is 248 g/mol. The van der Waals surface area contributed by atoms with E-state index in [2.05, 4.69) is 26.0 Å². The quantitative estimate of drug-likeness (QED) is 0.771. The molecule has 3 heteroatoms. The highest BCUT2D eigenvalue weighted by atomic mass is 16.6. The Morgan fingerprint density at radius 3 is 2.50 bits per heavy atom. The van der Waals surface area contributed by atoms with Crippen LogP contribution in [0.5, 0.6) is 0 Å². The Morgan fingerprint density at radius 2 is 1.89 bits per heavy atom. The van der Waals surface area contributed by atoms with Gasteiger partial charge < -0.3 is 9.47 Å². The summed E-state index contributed by atoms with van der Waals surface area (Å²) >= 11 is 0. The highest BCUT2D eigenvalue weighted by molar-refractivity contribution is 5.65.